The smallest absolute Gasteiger partial charge is 0.360 e. The molecule has 2 aromatic rings. The van der Waals surface area contributed by atoms with E-state index in [1.165, 1.54) is 6.42 Å². The third-order valence-electron chi connectivity index (χ3n) is 6.53. The van der Waals surface area contributed by atoms with Crippen molar-refractivity contribution in [3.8, 4) is 0 Å². The molecule has 172 valence electrons. The highest BCUT2D eigenvalue weighted by Gasteiger charge is 2.34. The number of oxime groups is 1. The van der Waals surface area contributed by atoms with Gasteiger partial charge in [0.1, 0.15) is 6.10 Å². The van der Waals surface area contributed by atoms with Crippen LogP contribution in [0.15, 0.2) is 34.2 Å². The van der Waals surface area contributed by atoms with Crippen LogP contribution in [0.3, 0.4) is 0 Å². The fourth-order valence-corrected chi connectivity index (χ4v) is 4.86. The van der Waals surface area contributed by atoms with Gasteiger partial charge in [0, 0.05) is 24.7 Å². The van der Waals surface area contributed by atoms with E-state index in [4.69, 9.17) is 10.6 Å². The van der Waals surface area contributed by atoms with Crippen LogP contribution < -0.4 is 16.6 Å². The predicted molar refractivity (Wildman–Crippen MR) is 122 cm³/mol. The van der Waals surface area contributed by atoms with E-state index in [1.54, 1.807) is 10.6 Å². The molecule has 3 heterocycles. The summed E-state index contributed by atoms with van der Waals surface area (Å²) in [4.78, 5) is 35.5. The molecule has 0 spiro atoms. The molecule has 2 aliphatic rings. The average Bonchev–Trinajstić information content (AvgIpc) is 2.76. The normalized spacial score (nSPS) is 24.5. The number of rotatable bonds is 7. The molecule has 1 aromatic heterocycles. The van der Waals surface area contributed by atoms with E-state index in [9.17, 15) is 14.7 Å². The number of aliphatic carboxylic acids is 1. The first kappa shape index (κ1) is 22.4. The van der Waals surface area contributed by atoms with Crippen molar-refractivity contribution >= 4 is 22.7 Å². The Morgan fingerprint density at radius 3 is 2.62 bits per heavy atom. The van der Waals surface area contributed by atoms with Gasteiger partial charge < -0.3 is 25.6 Å². The van der Waals surface area contributed by atoms with E-state index in [1.807, 2.05) is 32.0 Å². The van der Waals surface area contributed by atoms with Gasteiger partial charge in [-0.05, 0) is 43.7 Å². The number of hydrogen-bond donors (Lipinski definition) is 3. The summed E-state index contributed by atoms with van der Waals surface area (Å²) in [7, 11) is 0. The van der Waals surface area contributed by atoms with Crippen molar-refractivity contribution in [2.45, 2.75) is 70.2 Å². The molecule has 4 rings (SSSR count). The molecule has 32 heavy (non-hydrogen) atoms. The zero-order valence-electron chi connectivity index (χ0n) is 18.5. The Bertz CT molecular complexity index is 1070. The second kappa shape index (κ2) is 9.38. The van der Waals surface area contributed by atoms with Crippen LogP contribution in [0.1, 0.15) is 57.7 Å². The first-order valence-electron chi connectivity index (χ1n) is 11.3. The summed E-state index contributed by atoms with van der Waals surface area (Å²) in [6.07, 6.45) is 4.55. The maximum Gasteiger partial charge on any atom is 0.360 e. The van der Waals surface area contributed by atoms with Gasteiger partial charge in [0.2, 0.25) is 5.71 Å². The highest BCUT2D eigenvalue weighted by atomic mass is 16.6. The van der Waals surface area contributed by atoms with Crippen LogP contribution in [0, 0.1) is 5.92 Å². The van der Waals surface area contributed by atoms with Crippen LogP contribution in [0.2, 0.25) is 0 Å². The minimum atomic E-state index is -1.36. The van der Waals surface area contributed by atoms with Gasteiger partial charge in [-0.3, -0.25) is 4.79 Å². The van der Waals surface area contributed by atoms with Gasteiger partial charge in [0.25, 0.3) is 5.56 Å². The first-order valence-corrected chi connectivity index (χ1v) is 11.3. The van der Waals surface area contributed by atoms with Crippen molar-refractivity contribution in [2.24, 2.45) is 16.8 Å². The summed E-state index contributed by atoms with van der Waals surface area (Å²) in [5.74, 6) is -1.33. The lowest BCUT2D eigenvalue weighted by molar-refractivity contribution is -0.129. The molecule has 0 saturated carbocycles. The molecule has 3 unspecified atom stereocenters. The van der Waals surface area contributed by atoms with Gasteiger partial charge in [-0.1, -0.05) is 37.6 Å². The van der Waals surface area contributed by atoms with Crippen LogP contribution in [0.4, 0.5) is 0 Å². The van der Waals surface area contributed by atoms with E-state index in [0.717, 1.165) is 25.7 Å². The number of fused-ring (bicyclic) bond motifs is 3. The van der Waals surface area contributed by atoms with Gasteiger partial charge in [0.15, 0.2) is 5.69 Å². The zero-order valence-corrected chi connectivity index (χ0v) is 18.5. The molecule has 1 aromatic carbocycles. The van der Waals surface area contributed by atoms with E-state index >= 15 is 0 Å². The molecule has 2 fully saturated rings. The predicted octanol–water partition coefficient (Wildman–Crippen LogP) is 2.03. The standard InChI is InChI=1S/C23H31N5O4/c1-13(2)19(12-24)32-27-21(23(30)31)20-22(29)28(18-9-4-3-8-17(18)26-20)16-10-14-6-5-7-15(11-16)25-14/h3-4,8-9,13-16,19,25H,5-7,10-12,24H2,1-2H3,(H,30,31)/b27-21-. The largest absolute Gasteiger partial charge is 0.476 e. The molecule has 2 saturated heterocycles. The lowest BCUT2D eigenvalue weighted by Crippen LogP contribution is -2.50. The average molecular weight is 442 g/mol. The summed E-state index contributed by atoms with van der Waals surface area (Å²) >= 11 is 0. The number of carboxylic acids is 1. The highest BCUT2D eigenvalue weighted by molar-refractivity contribution is 6.41. The van der Waals surface area contributed by atoms with Crippen molar-refractivity contribution < 1.29 is 14.7 Å². The van der Waals surface area contributed by atoms with Crippen molar-refractivity contribution in [2.75, 3.05) is 6.54 Å². The molecule has 2 aliphatic heterocycles. The minimum Gasteiger partial charge on any atom is -0.476 e. The molecule has 0 radical (unpaired) electrons. The van der Waals surface area contributed by atoms with Crippen molar-refractivity contribution in [1.29, 1.82) is 0 Å². The van der Waals surface area contributed by atoms with Crippen LogP contribution >= 0.6 is 0 Å². The minimum absolute atomic E-state index is 0.0332. The van der Waals surface area contributed by atoms with Gasteiger partial charge in [-0.25, -0.2) is 9.78 Å². The molecule has 2 bridgehead atoms. The van der Waals surface area contributed by atoms with Crippen LogP contribution in [0.5, 0.6) is 0 Å². The Balaban J connectivity index is 1.82. The summed E-state index contributed by atoms with van der Waals surface area (Å²) in [5.41, 5.74) is 5.82. The fraction of sp³-hybridized carbons (Fsp3) is 0.565. The monoisotopic (exact) mass is 441 g/mol. The number of para-hydroxylation sites is 2. The molecular formula is C23H31N5O4. The highest BCUT2D eigenvalue weighted by Crippen LogP contribution is 2.33. The maximum atomic E-state index is 13.7. The third kappa shape index (κ3) is 4.40. The quantitative estimate of drug-likeness (QED) is 0.442. The Kier molecular flexibility index (Phi) is 6.57. The van der Waals surface area contributed by atoms with E-state index in [-0.39, 0.29) is 24.2 Å². The van der Waals surface area contributed by atoms with Crippen molar-refractivity contribution in [3.05, 3.63) is 40.3 Å². The molecule has 4 N–H and O–H groups in total. The maximum absolute atomic E-state index is 13.7. The lowest BCUT2D eigenvalue weighted by atomic mass is 9.84. The fourth-order valence-electron chi connectivity index (χ4n) is 4.86. The molecule has 9 heteroatoms. The van der Waals surface area contributed by atoms with E-state index in [0.29, 0.717) is 23.1 Å². The first-order chi connectivity index (χ1) is 15.4. The van der Waals surface area contributed by atoms with Crippen molar-refractivity contribution in [1.82, 2.24) is 14.9 Å². The Hall–Kier alpha value is -2.78. The second-order valence-corrected chi connectivity index (χ2v) is 9.11. The van der Waals surface area contributed by atoms with Gasteiger partial charge >= 0.3 is 5.97 Å². The second-order valence-electron chi connectivity index (χ2n) is 9.11. The molecule has 3 atom stereocenters. The molecule has 0 amide bonds. The Labute approximate surface area is 186 Å². The molecule has 0 aliphatic carbocycles. The number of benzene rings is 1. The number of piperidine rings is 2. The van der Waals surface area contributed by atoms with Gasteiger partial charge in [-0.2, -0.15) is 0 Å². The summed E-state index contributed by atoms with van der Waals surface area (Å²) in [6, 6.07) is 8.03. The molecular weight excluding hydrogens is 410 g/mol. The Morgan fingerprint density at radius 2 is 2.00 bits per heavy atom. The van der Waals surface area contributed by atoms with E-state index in [2.05, 4.69) is 15.5 Å². The lowest BCUT2D eigenvalue weighted by Gasteiger charge is -2.41. The number of hydrogen-bond acceptors (Lipinski definition) is 7. The SMILES string of the molecule is CC(C)C(CN)O/N=C(\C(=O)O)c1nc2ccccc2n(C2CC3CCCC(C2)N3)c1=O. The van der Waals surface area contributed by atoms with Gasteiger partial charge in [0.05, 0.1) is 11.0 Å². The summed E-state index contributed by atoms with van der Waals surface area (Å²) < 4.78 is 1.73. The van der Waals surface area contributed by atoms with Gasteiger partial charge in [-0.15, -0.1) is 0 Å². The molecule has 9 nitrogen and oxygen atoms in total. The van der Waals surface area contributed by atoms with E-state index < -0.39 is 23.3 Å². The topological polar surface area (TPSA) is 132 Å². The summed E-state index contributed by atoms with van der Waals surface area (Å²) in [5, 5.41) is 17.3. The Morgan fingerprint density at radius 1 is 1.31 bits per heavy atom. The number of nitrogens with two attached hydrogens (primary N) is 1. The van der Waals surface area contributed by atoms with Crippen molar-refractivity contribution in [3.63, 3.8) is 0 Å². The van der Waals surface area contributed by atoms with Crippen LogP contribution in [-0.2, 0) is 9.63 Å². The number of nitrogens with zero attached hydrogens (tertiary/aromatic N) is 3. The number of nitrogens with one attached hydrogen (secondary N) is 1. The van der Waals surface area contributed by atoms with Crippen LogP contribution in [0.25, 0.3) is 11.0 Å². The third-order valence-corrected chi connectivity index (χ3v) is 6.53. The van der Waals surface area contributed by atoms with Crippen LogP contribution in [-0.4, -0.2) is 51.1 Å². The summed E-state index contributed by atoms with van der Waals surface area (Å²) in [6.45, 7) is 3.99. The number of carbonyl (C=O) groups is 1. The number of aromatic nitrogens is 2. The zero-order chi connectivity index (χ0) is 22.8. The number of carboxylic acid groups (broad SMARTS) is 1.